The number of pyridine rings is 1. The Bertz CT molecular complexity index is 761. The minimum Gasteiger partial charge on any atom is -0.481 e. The van der Waals surface area contributed by atoms with E-state index in [0.717, 1.165) is 10.9 Å². The number of fused-ring (bicyclic) bond motifs is 1. The van der Waals surface area contributed by atoms with Gasteiger partial charge >= 0.3 is 12.2 Å². The Hall–Kier alpha value is -2.29. The van der Waals surface area contributed by atoms with Crippen LogP contribution < -0.4 is 10.1 Å². The molecule has 0 radical (unpaired) electrons. The van der Waals surface area contributed by atoms with Crippen LogP contribution in [0.3, 0.4) is 0 Å². The molecule has 1 N–H and O–H groups in total. The van der Waals surface area contributed by atoms with Crippen LogP contribution >= 0.6 is 11.3 Å². The summed E-state index contributed by atoms with van der Waals surface area (Å²) in [5, 5.41) is 4.26. The monoisotopic (exact) mass is 357 g/mol. The van der Waals surface area contributed by atoms with Gasteiger partial charge < -0.3 is 15.0 Å². The number of hydrogen-bond donors (Lipinski definition) is 1. The quantitative estimate of drug-likeness (QED) is 0.890. The largest absolute Gasteiger partial charge is 0.481 e. The van der Waals surface area contributed by atoms with E-state index in [1.165, 1.54) is 35.0 Å². The lowest BCUT2D eigenvalue weighted by molar-refractivity contribution is -0.140. The van der Waals surface area contributed by atoms with Gasteiger partial charge in [0, 0.05) is 17.5 Å². The second-order valence-corrected chi connectivity index (χ2v) is 6.22. The molecule has 2 aromatic rings. The maximum atomic E-state index is 13.1. The standard InChI is InChI=1S/C15H14F3N3O2S/c1-23-12-3-2-10(13(20-12)15(16,17)18)19-14(22)21-6-4-9-5-7-24-11(9)8-21/h2-3,5,7H,4,6,8H2,1H3,(H,19,22). The van der Waals surface area contributed by atoms with Crippen LogP contribution in [0, 0.1) is 0 Å². The summed E-state index contributed by atoms with van der Waals surface area (Å²) >= 11 is 1.53. The van der Waals surface area contributed by atoms with Crippen molar-refractivity contribution in [2.75, 3.05) is 19.0 Å². The molecule has 128 valence electrons. The highest BCUT2D eigenvalue weighted by Crippen LogP contribution is 2.35. The lowest BCUT2D eigenvalue weighted by atomic mass is 10.1. The normalized spacial score (nSPS) is 14.2. The highest BCUT2D eigenvalue weighted by molar-refractivity contribution is 7.10. The molecule has 0 atom stereocenters. The number of methoxy groups -OCH3 is 1. The molecule has 2 amide bonds. The maximum absolute atomic E-state index is 13.1. The zero-order chi connectivity index (χ0) is 17.3. The summed E-state index contributed by atoms with van der Waals surface area (Å²) in [5.41, 5.74) is -0.375. The third-order valence-electron chi connectivity index (χ3n) is 3.70. The van der Waals surface area contributed by atoms with Crippen molar-refractivity contribution in [3.63, 3.8) is 0 Å². The topological polar surface area (TPSA) is 54.5 Å². The van der Waals surface area contributed by atoms with Crippen LogP contribution in [-0.2, 0) is 19.1 Å². The SMILES string of the molecule is COc1ccc(NC(=O)N2CCc3ccsc3C2)c(C(F)(F)F)n1. The van der Waals surface area contributed by atoms with Crippen molar-refractivity contribution in [3.8, 4) is 5.88 Å². The van der Waals surface area contributed by atoms with Crippen molar-refractivity contribution in [2.45, 2.75) is 19.1 Å². The van der Waals surface area contributed by atoms with E-state index in [4.69, 9.17) is 4.74 Å². The first-order valence-electron chi connectivity index (χ1n) is 7.12. The van der Waals surface area contributed by atoms with Gasteiger partial charge in [-0.1, -0.05) is 0 Å². The molecule has 1 aliphatic rings. The maximum Gasteiger partial charge on any atom is 0.435 e. The molecule has 5 nitrogen and oxygen atoms in total. The fourth-order valence-corrected chi connectivity index (χ4v) is 3.42. The van der Waals surface area contributed by atoms with E-state index in [1.807, 2.05) is 11.4 Å². The highest BCUT2D eigenvalue weighted by Gasteiger charge is 2.37. The van der Waals surface area contributed by atoms with Crippen LogP contribution in [-0.4, -0.2) is 29.6 Å². The molecule has 2 aromatic heterocycles. The number of amides is 2. The van der Waals surface area contributed by atoms with Crippen molar-refractivity contribution >= 4 is 23.1 Å². The summed E-state index contributed by atoms with van der Waals surface area (Å²) in [7, 11) is 1.23. The molecule has 0 saturated carbocycles. The number of nitrogens with one attached hydrogen (secondary N) is 1. The lowest BCUT2D eigenvalue weighted by Crippen LogP contribution is -2.38. The Morgan fingerprint density at radius 1 is 1.38 bits per heavy atom. The molecule has 0 fully saturated rings. The van der Waals surface area contributed by atoms with Gasteiger partial charge in [0.05, 0.1) is 19.3 Å². The Kier molecular flexibility index (Phi) is 4.35. The van der Waals surface area contributed by atoms with Crippen molar-refractivity contribution in [2.24, 2.45) is 0 Å². The predicted octanol–water partition coefficient (Wildman–Crippen LogP) is 3.76. The van der Waals surface area contributed by atoms with Gasteiger partial charge in [-0.05, 0) is 29.5 Å². The van der Waals surface area contributed by atoms with E-state index in [-0.39, 0.29) is 11.6 Å². The predicted molar refractivity (Wildman–Crippen MR) is 83.2 cm³/mol. The zero-order valence-electron chi connectivity index (χ0n) is 12.7. The summed E-state index contributed by atoms with van der Waals surface area (Å²) in [6.07, 6.45) is -4.00. The number of hydrogen-bond acceptors (Lipinski definition) is 4. The van der Waals surface area contributed by atoms with E-state index >= 15 is 0 Å². The Morgan fingerprint density at radius 3 is 2.88 bits per heavy atom. The summed E-state index contributed by atoms with van der Waals surface area (Å²) in [6, 6.07) is 3.85. The summed E-state index contributed by atoms with van der Waals surface area (Å²) in [5.74, 6) is -0.165. The molecule has 1 aliphatic heterocycles. The van der Waals surface area contributed by atoms with E-state index in [2.05, 4.69) is 10.3 Å². The zero-order valence-corrected chi connectivity index (χ0v) is 13.5. The molecule has 24 heavy (non-hydrogen) atoms. The molecular weight excluding hydrogens is 343 g/mol. The second kappa shape index (κ2) is 6.31. The molecule has 0 unspecified atom stereocenters. The summed E-state index contributed by atoms with van der Waals surface area (Å²) < 4.78 is 44.1. The van der Waals surface area contributed by atoms with Crippen LogP contribution in [0.2, 0.25) is 0 Å². The van der Waals surface area contributed by atoms with Crippen molar-refractivity contribution < 1.29 is 22.7 Å². The van der Waals surface area contributed by atoms with Crippen LogP contribution in [0.25, 0.3) is 0 Å². The van der Waals surface area contributed by atoms with E-state index in [1.54, 1.807) is 0 Å². The summed E-state index contributed by atoms with van der Waals surface area (Å²) in [6.45, 7) is 0.851. The van der Waals surface area contributed by atoms with Crippen LogP contribution in [0.1, 0.15) is 16.1 Å². The number of halogens is 3. The Balaban J connectivity index is 1.80. The number of anilines is 1. The molecule has 9 heteroatoms. The number of alkyl halides is 3. The molecular formula is C15H14F3N3O2S. The molecule has 3 rings (SSSR count). The number of carbonyl (C=O) groups excluding carboxylic acids is 1. The number of urea groups is 1. The lowest BCUT2D eigenvalue weighted by Gasteiger charge is -2.27. The molecule has 3 heterocycles. The number of thiophene rings is 1. The molecule has 0 aliphatic carbocycles. The van der Waals surface area contributed by atoms with Crippen LogP contribution in [0.15, 0.2) is 23.6 Å². The molecule has 0 spiro atoms. The number of nitrogens with zero attached hydrogens (tertiary/aromatic N) is 2. The van der Waals surface area contributed by atoms with Crippen molar-refractivity contribution in [1.29, 1.82) is 0 Å². The minimum absolute atomic E-state index is 0.165. The average molecular weight is 357 g/mol. The van der Waals surface area contributed by atoms with Gasteiger partial charge in [0.2, 0.25) is 5.88 Å². The minimum atomic E-state index is -4.69. The van der Waals surface area contributed by atoms with Gasteiger partial charge in [0.1, 0.15) is 0 Å². The van der Waals surface area contributed by atoms with Gasteiger partial charge in [-0.3, -0.25) is 0 Å². The van der Waals surface area contributed by atoms with Crippen molar-refractivity contribution in [3.05, 3.63) is 39.7 Å². The van der Waals surface area contributed by atoms with Gasteiger partial charge in [0.15, 0.2) is 5.69 Å². The number of aromatic nitrogens is 1. The smallest absolute Gasteiger partial charge is 0.435 e. The Morgan fingerprint density at radius 2 is 2.17 bits per heavy atom. The third kappa shape index (κ3) is 3.30. The molecule has 0 saturated heterocycles. The number of carbonyl (C=O) groups is 1. The van der Waals surface area contributed by atoms with E-state index in [0.29, 0.717) is 19.5 Å². The van der Waals surface area contributed by atoms with E-state index < -0.39 is 17.9 Å². The fourth-order valence-electron chi connectivity index (χ4n) is 2.48. The van der Waals surface area contributed by atoms with E-state index in [9.17, 15) is 18.0 Å². The van der Waals surface area contributed by atoms with Gasteiger partial charge in [0.25, 0.3) is 0 Å². The van der Waals surface area contributed by atoms with Gasteiger partial charge in [-0.2, -0.15) is 13.2 Å². The number of rotatable bonds is 2. The third-order valence-corrected chi connectivity index (χ3v) is 4.65. The van der Waals surface area contributed by atoms with Crippen molar-refractivity contribution in [1.82, 2.24) is 9.88 Å². The first-order valence-corrected chi connectivity index (χ1v) is 8.00. The highest BCUT2D eigenvalue weighted by atomic mass is 32.1. The fraction of sp³-hybridized carbons (Fsp3) is 0.333. The summed E-state index contributed by atoms with van der Waals surface area (Å²) in [4.78, 5) is 18.3. The van der Waals surface area contributed by atoms with Crippen LogP contribution in [0.4, 0.5) is 23.7 Å². The molecule has 0 aromatic carbocycles. The first-order chi connectivity index (χ1) is 11.4. The second-order valence-electron chi connectivity index (χ2n) is 5.22. The van der Waals surface area contributed by atoms with Gasteiger partial charge in [-0.15, -0.1) is 11.3 Å². The van der Waals surface area contributed by atoms with Crippen LogP contribution in [0.5, 0.6) is 5.88 Å². The average Bonchev–Trinajstić information content (AvgIpc) is 3.01. The molecule has 0 bridgehead atoms. The van der Waals surface area contributed by atoms with Gasteiger partial charge in [-0.25, -0.2) is 9.78 Å². The number of ether oxygens (including phenoxy) is 1. The Labute approximate surface area is 140 Å². The first kappa shape index (κ1) is 16.6.